The number of aliphatic hydroxyl groups is 1. The summed E-state index contributed by atoms with van der Waals surface area (Å²) in [6, 6.07) is 16.5. The van der Waals surface area contributed by atoms with E-state index in [1.165, 1.54) is 6.20 Å². The second-order valence-corrected chi connectivity index (χ2v) is 7.30. The Balaban J connectivity index is 1.37. The van der Waals surface area contributed by atoms with E-state index in [-0.39, 0.29) is 17.6 Å². The molecular weight excluding hydrogens is 396 g/mol. The second-order valence-electron chi connectivity index (χ2n) is 7.30. The minimum atomic E-state index is -0.549. The molecule has 1 aliphatic rings. The average molecular weight is 416 g/mol. The molecule has 156 valence electrons. The number of ether oxygens (including phenoxy) is 1. The molecule has 0 aliphatic heterocycles. The van der Waals surface area contributed by atoms with Crippen molar-refractivity contribution in [1.29, 1.82) is 0 Å². The van der Waals surface area contributed by atoms with Gasteiger partial charge in [0.05, 0.1) is 12.1 Å². The number of hydrogen-bond donors (Lipinski definition) is 3. The number of aliphatic hydroxyl groups excluding tert-OH is 1. The first-order valence-electron chi connectivity index (χ1n) is 9.90. The molecule has 3 N–H and O–H groups in total. The lowest BCUT2D eigenvalue weighted by Crippen LogP contribution is -2.21. The Morgan fingerprint density at radius 1 is 1.16 bits per heavy atom. The molecule has 0 fully saturated rings. The maximum absolute atomic E-state index is 11.8. The zero-order valence-corrected chi connectivity index (χ0v) is 16.7. The largest absolute Gasteiger partial charge is 0.457 e. The topological polar surface area (TPSA) is 110 Å². The number of rotatable bonds is 5. The van der Waals surface area contributed by atoms with Crippen molar-refractivity contribution in [2.24, 2.45) is 0 Å². The van der Waals surface area contributed by atoms with Gasteiger partial charge in [0.15, 0.2) is 5.58 Å². The van der Waals surface area contributed by atoms with Crippen molar-refractivity contribution < 1.29 is 19.1 Å². The minimum Gasteiger partial charge on any atom is -0.457 e. The van der Waals surface area contributed by atoms with E-state index in [0.717, 1.165) is 11.1 Å². The van der Waals surface area contributed by atoms with Crippen LogP contribution in [-0.2, 0) is 6.42 Å². The summed E-state index contributed by atoms with van der Waals surface area (Å²) in [7, 11) is 1.55. The summed E-state index contributed by atoms with van der Waals surface area (Å²) in [4.78, 5) is 20.3. The zero-order valence-electron chi connectivity index (χ0n) is 16.7. The third kappa shape index (κ3) is 3.69. The van der Waals surface area contributed by atoms with Gasteiger partial charge in [0.1, 0.15) is 22.7 Å². The summed E-state index contributed by atoms with van der Waals surface area (Å²) >= 11 is 0. The van der Waals surface area contributed by atoms with Crippen molar-refractivity contribution in [1.82, 2.24) is 15.3 Å². The number of nitrogens with one attached hydrogen (secondary N) is 2. The van der Waals surface area contributed by atoms with E-state index in [0.29, 0.717) is 35.0 Å². The fourth-order valence-corrected chi connectivity index (χ4v) is 3.77. The van der Waals surface area contributed by atoms with E-state index >= 15 is 0 Å². The van der Waals surface area contributed by atoms with E-state index in [1.807, 2.05) is 24.3 Å². The smallest absolute Gasteiger partial charge is 0.296 e. The molecule has 1 amide bonds. The molecule has 5 rings (SSSR count). The zero-order chi connectivity index (χ0) is 21.4. The highest BCUT2D eigenvalue weighted by Gasteiger charge is 2.31. The maximum atomic E-state index is 11.8. The number of pyridine rings is 1. The normalized spacial score (nSPS) is 17.4. The van der Waals surface area contributed by atoms with Crippen LogP contribution in [0.1, 0.15) is 27.7 Å². The lowest BCUT2D eigenvalue weighted by atomic mass is 10.1. The highest BCUT2D eigenvalue weighted by atomic mass is 16.5. The number of carbonyl (C=O) groups is 1. The van der Waals surface area contributed by atoms with Crippen LogP contribution in [0.25, 0.3) is 11.1 Å². The van der Waals surface area contributed by atoms with Gasteiger partial charge >= 0.3 is 0 Å². The Labute approximate surface area is 177 Å². The molecule has 8 nitrogen and oxygen atoms in total. The SMILES string of the molecule is CNC(=O)c1cc(Oc2ccc3nc(N[C@@H]4c5ccccc5C[C@@H]4O)oc3c2)ccn1. The van der Waals surface area contributed by atoms with Gasteiger partial charge in [-0.15, -0.1) is 0 Å². The second kappa shape index (κ2) is 7.73. The van der Waals surface area contributed by atoms with E-state index in [4.69, 9.17) is 9.15 Å². The Kier molecular flexibility index (Phi) is 4.76. The van der Waals surface area contributed by atoms with Gasteiger partial charge in [-0.3, -0.25) is 9.78 Å². The van der Waals surface area contributed by atoms with Crippen molar-refractivity contribution in [2.45, 2.75) is 18.6 Å². The summed E-state index contributed by atoms with van der Waals surface area (Å²) in [6.45, 7) is 0. The number of hydrogen-bond acceptors (Lipinski definition) is 7. The first kappa shape index (κ1) is 19.1. The fourth-order valence-electron chi connectivity index (χ4n) is 3.77. The van der Waals surface area contributed by atoms with Crippen molar-refractivity contribution in [2.75, 3.05) is 12.4 Å². The van der Waals surface area contributed by atoms with Gasteiger partial charge in [-0.25, -0.2) is 0 Å². The molecule has 0 saturated carbocycles. The molecule has 2 atom stereocenters. The van der Waals surface area contributed by atoms with Crippen molar-refractivity contribution in [3.05, 3.63) is 77.6 Å². The lowest BCUT2D eigenvalue weighted by Gasteiger charge is -2.16. The third-order valence-electron chi connectivity index (χ3n) is 5.27. The molecule has 2 aromatic heterocycles. The fraction of sp³-hybridized carbons (Fsp3) is 0.174. The predicted octanol–water partition coefficient (Wildman–Crippen LogP) is 3.44. The number of carbonyl (C=O) groups excluding carboxylic acids is 1. The molecular formula is C23H20N4O4. The minimum absolute atomic E-state index is 0.266. The van der Waals surface area contributed by atoms with Crippen LogP contribution < -0.4 is 15.4 Å². The summed E-state index contributed by atoms with van der Waals surface area (Å²) in [5, 5.41) is 16.2. The van der Waals surface area contributed by atoms with E-state index < -0.39 is 6.10 Å². The van der Waals surface area contributed by atoms with Gasteiger partial charge in [-0.1, -0.05) is 24.3 Å². The number of anilines is 1. The van der Waals surface area contributed by atoms with Crippen LogP contribution in [0.5, 0.6) is 11.5 Å². The molecule has 1 aliphatic carbocycles. The van der Waals surface area contributed by atoms with Crippen LogP contribution in [0.15, 0.2) is 65.2 Å². The van der Waals surface area contributed by atoms with Crippen LogP contribution in [0.3, 0.4) is 0 Å². The first-order chi connectivity index (χ1) is 15.1. The van der Waals surface area contributed by atoms with Crippen LogP contribution in [0.2, 0.25) is 0 Å². The summed E-state index contributed by atoms with van der Waals surface area (Å²) in [5.41, 5.74) is 3.64. The van der Waals surface area contributed by atoms with Gasteiger partial charge in [0.2, 0.25) is 0 Å². The highest BCUT2D eigenvalue weighted by molar-refractivity contribution is 5.92. The number of benzene rings is 2. The number of aromatic nitrogens is 2. The van der Waals surface area contributed by atoms with E-state index in [2.05, 4.69) is 20.6 Å². The van der Waals surface area contributed by atoms with Gasteiger partial charge in [0.25, 0.3) is 11.9 Å². The summed E-state index contributed by atoms with van der Waals surface area (Å²) in [6.07, 6.45) is 1.56. The van der Waals surface area contributed by atoms with Gasteiger partial charge in [-0.05, 0) is 29.3 Å². The molecule has 8 heteroatoms. The number of amides is 1. The number of nitrogens with zero attached hydrogens (tertiary/aromatic N) is 2. The highest BCUT2D eigenvalue weighted by Crippen LogP contribution is 2.35. The van der Waals surface area contributed by atoms with Crippen LogP contribution >= 0.6 is 0 Å². The van der Waals surface area contributed by atoms with Gasteiger partial charge in [0, 0.05) is 31.8 Å². The van der Waals surface area contributed by atoms with Crippen molar-refractivity contribution in [3.8, 4) is 11.5 Å². The molecule has 31 heavy (non-hydrogen) atoms. The maximum Gasteiger partial charge on any atom is 0.296 e. The quantitative estimate of drug-likeness (QED) is 0.457. The van der Waals surface area contributed by atoms with Crippen molar-refractivity contribution >= 4 is 23.0 Å². The molecule has 0 radical (unpaired) electrons. The molecule has 0 spiro atoms. The summed E-state index contributed by atoms with van der Waals surface area (Å²) in [5.74, 6) is 0.731. The number of oxazole rings is 1. The standard InChI is InChI=1S/C23H20N4O4/c1-24-22(29)18-11-15(8-9-25-18)30-14-6-7-17-20(12-14)31-23(26-17)27-21-16-5-3-2-4-13(16)10-19(21)28/h2-9,11-12,19,21,28H,10H2,1H3,(H,24,29)(H,26,27)/t19-,21+/m0/s1. The Hall–Kier alpha value is -3.91. The number of fused-ring (bicyclic) bond motifs is 2. The van der Waals surface area contributed by atoms with E-state index in [9.17, 15) is 9.90 Å². The molecule has 2 aromatic carbocycles. The Morgan fingerprint density at radius 2 is 2.00 bits per heavy atom. The van der Waals surface area contributed by atoms with Crippen molar-refractivity contribution in [3.63, 3.8) is 0 Å². The lowest BCUT2D eigenvalue weighted by molar-refractivity contribution is 0.0958. The molecule has 4 aromatic rings. The molecule has 2 heterocycles. The van der Waals surface area contributed by atoms with Crippen LogP contribution in [0, 0.1) is 0 Å². The van der Waals surface area contributed by atoms with Crippen LogP contribution in [0.4, 0.5) is 6.01 Å². The first-order valence-corrected chi connectivity index (χ1v) is 9.90. The molecule has 0 bridgehead atoms. The predicted molar refractivity (Wildman–Crippen MR) is 114 cm³/mol. The van der Waals surface area contributed by atoms with E-state index in [1.54, 1.807) is 37.4 Å². The average Bonchev–Trinajstić information content (AvgIpc) is 3.33. The van der Waals surface area contributed by atoms with Crippen LogP contribution in [-0.4, -0.2) is 34.1 Å². The van der Waals surface area contributed by atoms with Gasteiger partial charge < -0.3 is 24.9 Å². The third-order valence-corrected chi connectivity index (χ3v) is 5.27. The Bertz CT molecular complexity index is 1270. The molecule has 0 saturated heterocycles. The molecule has 0 unspecified atom stereocenters. The summed E-state index contributed by atoms with van der Waals surface area (Å²) < 4.78 is 11.7. The van der Waals surface area contributed by atoms with Gasteiger partial charge in [-0.2, -0.15) is 4.98 Å². The monoisotopic (exact) mass is 416 g/mol. The Morgan fingerprint density at radius 3 is 2.87 bits per heavy atom.